The zero-order chi connectivity index (χ0) is 38.4. The van der Waals surface area contributed by atoms with Crippen molar-refractivity contribution in [2.75, 3.05) is 46.2 Å². The second-order valence-corrected chi connectivity index (χ2v) is 3.15. The average Bonchev–Trinajstić information content (AvgIpc) is 2.88. The predicted octanol–water partition coefficient (Wildman–Crippen LogP) is 3.95. The SMILES string of the molecule is [2H]C([2H])([2H])C([2H])([2H])C([2H])([2H])C([2H])([2H])C([2H])([2H])C([2H])([2H])C([2H])([2H])C([2H])([2H])C([2H])([2H])C([2H])([2H])C([2H])([2H])C([2H])([2H])OCCOCCOCCO. The van der Waals surface area contributed by atoms with Gasteiger partial charge in [0.2, 0.25) is 0 Å². The molecule has 1 N–H and O–H groups in total. The third-order valence-electron chi connectivity index (χ3n) is 1.62. The lowest BCUT2D eigenvalue weighted by Crippen LogP contribution is -2.11. The Hall–Kier alpha value is -0.160. The van der Waals surface area contributed by atoms with Crippen molar-refractivity contribution in [3.8, 4) is 0 Å². The lowest BCUT2D eigenvalue weighted by molar-refractivity contribution is 0.00719. The monoisotopic (exact) mass is 343 g/mol. The minimum atomic E-state index is -4.84. The Labute approximate surface area is 172 Å². The van der Waals surface area contributed by atoms with Crippen molar-refractivity contribution < 1.29 is 53.6 Å². The Morgan fingerprint density at radius 2 is 1.18 bits per heavy atom. The van der Waals surface area contributed by atoms with Crippen LogP contribution in [0.1, 0.15) is 105 Å². The maximum absolute atomic E-state index is 8.62. The van der Waals surface area contributed by atoms with Crippen LogP contribution in [0.15, 0.2) is 0 Å². The van der Waals surface area contributed by atoms with Gasteiger partial charge in [-0.2, -0.15) is 0 Å². The Kier molecular flexibility index (Phi) is 4.28. The van der Waals surface area contributed by atoms with Crippen LogP contribution < -0.4 is 0 Å². The van der Waals surface area contributed by atoms with Crippen LogP contribution >= 0.6 is 0 Å². The van der Waals surface area contributed by atoms with Crippen molar-refractivity contribution in [2.24, 2.45) is 0 Å². The molecule has 0 fully saturated rings. The van der Waals surface area contributed by atoms with E-state index in [0.717, 1.165) is 0 Å². The quantitative estimate of drug-likeness (QED) is 0.361. The summed E-state index contributed by atoms with van der Waals surface area (Å²) < 4.78 is 213. The smallest absolute Gasteiger partial charge is 0.0701 e. The molecule has 0 radical (unpaired) electrons. The van der Waals surface area contributed by atoms with Gasteiger partial charge >= 0.3 is 0 Å². The minimum Gasteiger partial charge on any atom is -0.394 e. The third-order valence-corrected chi connectivity index (χ3v) is 1.62. The fourth-order valence-corrected chi connectivity index (χ4v) is 0.850. The number of hydrogen-bond acceptors (Lipinski definition) is 4. The number of hydrogen-bond donors (Lipinski definition) is 1. The highest BCUT2D eigenvalue weighted by Crippen LogP contribution is 2.10. The second-order valence-electron chi connectivity index (χ2n) is 3.15. The van der Waals surface area contributed by atoms with Crippen LogP contribution in [0.3, 0.4) is 0 Å². The average molecular weight is 344 g/mol. The summed E-state index contributed by atoms with van der Waals surface area (Å²) in [4.78, 5) is 0. The molecule has 22 heavy (non-hydrogen) atoms. The molecule has 0 atom stereocenters. The summed E-state index contributed by atoms with van der Waals surface area (Å²) in [6, 6.07) is 0. The van der Waals surface area contributed by atoms with Gasteiger partial charge in [-0.1, -0.05) is 64.2 Å². The molecule has 4 heteroatoms. The first-order chi connectivity index (χ1) is 20.3. The van der Waals surface area contributed by atoms with Crippen LogP contribution in [0, 0.1) is 0 Å². The van der Waals surface area contributed by atoms with Crippen LogP contribution in [0.25, 0.3) is 0 Å². The van der Waals surface area contributed by atoms with E-state index in [4.69, 9.17) is 48.8 Å². The van der Waals surface area contributed by atoms with Crippen molar-refractivity contribution in [3.05, 3.63) is 0 Å². The summed E-state index contributed by atoms with van der Waals surface area (Å²) >= 11 is 0. The van der Waals surface area contributed by atoms with E-state index in [1.807, 2.05) is 0 Å². The molecule has 0 aromatic carbocycles. The van der Waals surface area contributed by atoms with Crippen molar-refractivity contribution in [1.29, 1.82) is 0 Å². The molecule has 0 aliphatic carbocycles. The number of rotatable bonds is 19. The first-order valence-corrected chi connectivity index (χ1v) is 6.21. The Balaban J connectivity index is 6.72. The molecule has 0 saturated heterocycles. The van der Waals surface area contributed by atoms with Crippen molar-refractivity contribution in [2.45, 2.75) is 70.6 Å². The fourth-order valence-electron chi connectivity index (χ4n) is 0.850. The topological polar surface area (TPSA) is 47.9 Å². The number of aliphatic hydroxyl groups is 1. The van der Waals surface area contributed by atoms with E-state index in [-0.39, 0.29) is 26.4 Å². The standard InChI is InChI=1S/C18H38O4/c1-2-3-4-5-6-7-8-9-10-11-13-20-15-17-22-18-16-21-14-12-19/h19H,2-18H2,1H3/i1D3,2D2,3D2,4D2,5D2,6D2,7D2,8D2,9D2,10D2,11D2,13D2. The normalized spacial score (nSPS) is 35.8. The number of ether oxygens (including phenoxy) is 3. The molecule has 0 aliphatic rings. The molecule has 4 nitrogen and oxygen atoms in total. The van der Waals surface area contributed by atoms with Gasteiger partial charge in [0.05, 0.1) is 42.4 Å². The van der Waals surface area contributed by atoms with Crippen LogP contribution in [0.4, 0.5) is 0 Å². The summed E-state index contributed by atoms with van der Waals surface area (Å²) in [5.74, 6) is 0. The molecular formula is C18H38O4. The summed E-state index contributed by atoms with van der Waals surface area (Å²) in [7, 11) is 0. The maximum Gasteiger partial charge on any atom is 0.0701 e. The van der Waals surface area contributed by atoms with Crippen LogP contribution in [-0.4, -0.2) is 51.3 Å². The highest BCUT2D eigenvalue weighted by molar-refractivity contribution is 4.47. The molecule has 0 spiro atoms. The molecule has 0 aromatic heterocycles. The van der Waals surface area contributed by atoms with Crippen molar-refractivity contribution in [1.82, 2.24) is 0 Å². The largest absolute Gasteiger partial charge is 0.394 e. The van der Waals surface area contributed by atoms with E-state index in [1.165, 1.54) is 0 Å². The Morgan fingerprint density at radius 1 is 0.682 bits per heavy atom. The first-order valence-electron chi connectivity index (χ1n) is 18.7. The molecule has 0 bridgehead atoms. The first kappa shape index (κ1) is 4.51. The minimum absolute atomic E-state index is 0.0126. The van der Waals surface area contributed by atoms with Gasteiger partial charge in [0.25, 0.3) is 0 Å². The Bertz CT molecular complexity index is 1040. The molecule has 0 heterocycles. The molecule has 0 rings (SSSR count). The van der Waals surface area contributed by atoms with E-state index < -0.39 is 90.4 Å². The third kappa shape index (κ3) is 19.8. The van der Waals surface area contributed by atoms with Gasteiger partial charge in [0.15, 0.2) is 0 Å². The summed E-state index contributed by atoms with van der Waals surface area (Å²) in [5.41, 5.74) is 0. The molecule has 0 amide bonds. The summed E-state index contributed by atoms with van der Waals surface area (Å²) in [6.07, 6.45) is -46.3. The molecule has 0 aromatic rings. The highest BCUT2D eigenvalue weighted by Gasteiger charge is 1.94. The fraction of sp³-hybridized carbons (Fsp3) is 1.00. The predicted molar refractivity (Wildman–Crippen MR) is 91.4 cm³/mol. The van der Waals surface area contributed by atoms with E-state index in [0.29, 0.717) is 0 Å². The lowest BCUT2D eigenvalue weighted by Gasteiger charge is -2.06. The highest BCUT2D eigenvalue weighted by atomic mass is 16.5. The second kappa shape index (κ2) is 20.8. The van der Waals surface area contributed by atoms with Crippen LogP contribution in [0.5, 0.6) is 0 Å². The zero-order valence-corrected chi connectivity index (χ0v) is 11.9. The number of aliphatic hydroxyl groups excluding tert-OH is 1. The van der Waals surface area contributed by atoms with E-state index in [9.17, 15) is 0 Å². The molecule has 0 aliphatic heterocycles. The van der Waals surface area contributed by atoms with Crippen molar-refractivity contribution in [3.63, 3.8) is 0 Å². The van der Waals surface area contributed by atoms with Gasteiger partial charge < -0.3 is 19.3 Å². The van der Waals surface area contributed by atoms with Gasteiger partial charge in [-0.15, -0.1) is 0 Å². The summed E-state index contributed by atoms with van der Waals surface area (Å²) in [5, 5.41) is 8.62. The Morgan fingerprint density at radius 3 is 1.77 bits per heavy atom. The van der Waals surface area contributed by atoms with Crippen molar-refractivity contribution >= 4 is 0 Å². The molecular weight excluding hydrogens is 280 g/mol. The maximum atomic E-state index is 8.62. The van der Waals surface area contributed by atoms with Gasteiger partial charge in [0.1, 0.15) is 0 Å². The summed E-state index contributed by atoms with van der Waals surface area (Å²) in [6.45, 7) is -9.52. The molecule has 0 unspecified atom stereocenters. The van der Waals surface area contributed by atoms with Gasteiger partial charge in [0, 0.05) is 38.1 Å². The van der Waals surface area contributed by atoms with Crippen LogP contribution in [-0.2, 0) is 14.2 Å². The molecule has 0 saturated carbocycles. The van der Waals surface area contributed by atoms with E-state index >= 15 is 0 Å². The van der Waals surface area contributed by atoms with Gasteiger partial charge in [-0.05, 0) is 6.37 Å². The van der Waals surface area contributed by atoms with E-state index in [2.05, 4.69) is 4.74 Å². The molecule has 134 valence electrons. The van der Waals surface area contributed by atoms with E-state index in [1.54, 1.807) is 0 Å². The van der Waals surface area contributed by atoms with Gasteiger partial charge in [-0.25, -0.2) is 0 Å². The van der Waals surface area contributed by atoms with Gasteiger partial charge in [-0.3, -0.25) is 0 Å². The zero-order valence-electron chi connectivity index (χ0n) is 36.9. The van der Waals surface area contributed by atoms with Crippen LogP contribution in [0.2, 0.25) is 0 Å². The lowest BCUT2D eigenvalue weighted by atomic mass is 10.1.